The highest BCUT2D eigenvalue weighted by Gasteiger charge is 2.21. The van der Waals surface area contributed by atoms with Crippen molar-refractivity contribution in [3.8, 4) is 0 Å². The molecule has 0 fully saturated rings. The molecule has 0 saturated heterocycles. The van der Waals surface area contributed by atoms with Crippen molar-refractivity contribution in [2.24, 2.45) is 0 Å². The van der Waals surface area contributed by atoms with Gasteiger partial charge < -0.3 is 4.90 Å². The highest BCUT2D eigenvalue weighted by molar-refractivity contribution is 8.01. The minimum Gasteiger partial charge on any atom is -0.337 e. The highest BCUT2D eigenvalue weighted by Crippen LogP contribution is 2.27. The van der Waals surface area contributed by atoms with Crippen LogP contribution in [0.3, 0.4) is 0 Å². The average molecular weight is 436 g/mol. The van der Waals surface area contributed by atoms with Crippen LogP contribution in [-0.2, 0) is 4.79 Å². The van der Waals surface area contributed by atoms with Crippen LogP contribution in [-0.4, -0.2) is 49.7 Å². The number of hydrogen-bond acceptors (Lipinski definition) is 8. The topological polar surface area (TPSA) is 88.1 Å². The molecule has 1 N–H and O–H groups in total. The third-order valence-electron chi connectivity index (χ3n) is 3.83. The maximum Gasteiger partial charge on any atom is 0.286 e. The molecule has 3 aromatic rings. The van der Waals surface area contributed by atoms with Crippen molar-refractivity contribution in [3.63, 3.8) is 0 Å². The third-order valence-corrected chi connectivity index (χ3v) is 6.83. The Balaban J connectivity index is 1.59. The molecular weight excluding hydrogens is 414 g/mol. The van der Waals surface area contributed by atoms with E-state index in [2.05, 4.69) is 20.5 Å². The van der Waals surface area contributed by atoms with Gasteiger partial charge in [0.25, 0.3) is 5.91 Å². The van der Waals surface area contributed by atoms with Crippen molar-refractivity contribution in [2.75, 3.05) is 11.1 Å². The number of hydrogen-bond donors (Lipinski definition) is 1. The van der Waals surface area contributed by atoms with Crippen LogP contribution in [0.4, 0.5) is 5.13 Å². The van der Waals surface area contributed by atoms with E-state index in [0.717, 1.165) is 10.2 Å². The first-order valence-corrected chi connectivity index (χ1v) is 11.4. The van der Waals surface area contributed by atoms with E-state index in [1.54, 1.807) is 0 Å². The Morgan fingerprint density at radius 3 is 2.50 bits per heavy atom. The van der Waals surface area contributed by atoms with Crippen LogP contribution in [0.15, 0.2) is 28.6 Å². The van der Waals surface area contributed by atoms with E-state index in [9.17, 15) is 9.59 Å². The quantitative estimate of drug-likeness (QED) is 0.443. The lowest BCUT2D eigenvalue weighted by Gasteiger charge is -2.30. The van der Waals surface area contributed by atoms with Crippen LogP contribution >= 0.6 is 34.4 Å². The molecule has 0 aliphatic heterocycles. The predicted octanol–water partition coefficient (Wildman–Crippen LogP) is 4.14. The number of aromatic nitrogens is 3. The summed E-state index contributed by atoms with van der Waals surface area (Å²) in [5.74, 6) is 0.0395. The number of amides is 2. The Labute approximate surface area is 175 Å². The fourth-order valence-corrected chi connectivity index (χ4v) is 5.29. The smallest absolute Gasteiger partial charge is 0.286 e. The lowest BCUT2D eigenvalue weighted by molar-refractivity contribution is -0.131. The van der Waals surface area contributed by atoms with Crippen LogP contribution < -0.4 is 5.32 Å². The van der Waals surface area contributed by atoms with Crippen LogP contribution in [0.2, 0.25) is 0 Å². The van der Waals surface area contributed by atoms with Gasteiger partial charge in [-0.15, -0.1) is 21.5 Å². The van der Waals surface area contributed by atoms with E-state index in [-0.39, 0.29) is 29.7 Å². The van der Waals surface area contributed by atoms with Gasteiger partial charge in [-0.2, -0.15) is 0 Å². The molecule has 1 aromatic carbocycles. The number of carbonyl (C=O) groups is 2. The first-order chi connectivity index (χ1) is 13.3. The molecule has 7 nitrogen and oxygen atoms in total. The van der Waals surface area contributed by atoms with E-state index in [1.807, 2.05) is 56.9 Å². The normalized spacial score (nSPS) is 11.4. The number of para-hydroxylation sites is 1. The fraction of sp³-hybridized carbons (Fsp3) is 0.389. The van der Waals surface area contributed by atoms with E-state index >= 15 is 0 Å². The van der Waals surface area contributed by atoms with E-state index < -0.39 is 0 Å². The molecule has 28 heavy (non-hydrogen) atoms. The van der Waals surface area contributed by atoms with Crippen LogP contribution in [0.25, 0.3) is 10.2 Å². The lowest BCUT2D eigenvalue weighted by atomic mass is 10.2. The summed E-state index contributed by atoms with van der Waals surface area (Å²) in [5.41, 5.74) is 0.796. The summed E-state index contributed by atoms with van der Waals surface area (Å²) in [6, 6.07) is 7.89. The molecule has 10 heteroatoms. The van der Waals surface area contributed by atoms with Gasteiger partial charge in [-0.3, -0.25) is 14.9 Å². The van der Waals surface area contributed by atoms with Crippen molar-refractivity contribution < 1.29 is 9.59 Å². The Kier molecular flexibility index (Phi) is 6.63. The zero-order valence-electron chi connectivity index (χ0n) is 16.0. The lowest BCUT2D eigenvalue weighted by Crippen LogP contribution is -2.43. The van der Waals surface area contributed by atoms with Crippen LogP contribution in [0.1, 0.15) is 37.5 Å². The summed E-state index contributed by atoms with van der Waals surface area (Å²) < 4.78 is 1.60. The third kappa shape index (κ3) is 4.86. The number of nitrogens with one attached hydrogen (secondary N) is 1. The summed E-state index contributed by atoms with van der Waals surface area (Å²) in [7, 11) is 0. The first-order valence-electron chi connectivity index (χ1n) is 8.79. The van der Waals surface area contributed by atoms with Gasteiger partial charge in [-0.25, -0.2) is 4.98 Å². The van der Waals surface area contributed by atoms with Gasteiger partial charge >= 0.3 is 0 Å². The Morgan fingerprint density at radius 2 is 1.82 bits per heavy atom. The molecule has 148 valence electrons. The second kappa shape index (κ2) is 8.97. The number of anilines is 1. The molecule has 0 aliphatic rings. The maximum atomic E-state index is 12.4. The number of thioether (sulfide) groups is 1. The van der Waals surface area contributed by atoms with Gasteiger partial charge in [0.2, 0.25) is 11.0 Å². The zero-order valence-corrected chi connectivity index (χ0v) is 18.5. The van der Waals surface area contributed by atoms with Gasteiger partial charge in [0.05, 0.1) is 16.0 Å². The van der Waals surface area contributed by atoms with E-state index in [4.69, 9.17) is 0 Å². The molecule has 2 amide bonds. The summed E-state index contributed by atoms with van der Waals surface area (Å²) in [6.45, 7) is 8.01. The Hall–Kier alpha value is -2.04. The number of rotatable bonds is 7. The summed E-state index contributed by atoms with van der Waals surface area (Å²) in [4.78, 5) is 31.0. The predicted molar refractivity (Wildman–Crippen MR) is 115 cm³/mol. The molecule has 0 spiro atoms. The number of benzene rings is 1. The molecule has 0 unspecified atom stereocenters. The van der Waals surface area contributed by atoms with Crippen molar-refractivity contribution in [3.05, 3.63) is 29.3 Å². The largest absolute Gasteiger partial charge is 0.337 e. The van der Waals surface area contributed by atoms with Crippen LogP contribution in [0, 0.1) is 0 Å². The second-order valence-electron chi connectivity index (χ2n) is 6.59. The second-order valence-corrected chi connectivity index (χ2v) is 9.82. The molecule has 2 heterocycles. The monoisotopic (exact) mass is 435 g/mol. The fourth-order valence-electron chi connectivity index (χ4n) is 2.81. The van der Waals surface area contributed by atoms with Crippen LogP contribution in [0.5, 0.6) is 0 Å². The molecule has 2 aromatic heterocycles. The maximum absolute atomic E-state index is 12.4. The minimum atomic E-state index is -0.309. The molecular formula is C18H21N5O2S3. The summed E-state index contributed by atoms with van der Waals surface area (Å²) in [5, 5.41) is 11.6. The number of nitrogens with zero attached hydrogens (tertiary/aromatic N) is 4. The molecule has 3 rings (SSSR count). The average Bonchev–Trinajstić information content (AvgIpc) is 3.25. The van der Waals surface area contributed by atoms with Crippen molar-refractivity contribution in [1.82, 2.24) is 20.1 Å². The van der Waals surface area contributed by atoms with Gasteiger partial charge in [0, 0.05) is 12.1 Å². The van der Waals surface area contributed by atoms with Gasteiger partial charge in [0.1, 0.15) is 0 Å². The molecule has 0 bridgehead atoms. The van der Waals surface area contributed by atoms with E-state index in [1.165, 1.54) is 34.4 Å². The van der Waals surface area contributed by atoms with Gasteiger partial charge in [0.15, 0.2) is 9.35 Å². The Morgan fingerprint density at radius 1 is 1.11 bits per heavy atom. The first kappa shape index (κ1) is 20.7. The minimum absolute atomic E-state index is 0.0604. The Bertz CT molecular complexity index is 941. The van der Waals surface area contributed by atoms with Gasteiger partial charge in [-0.05, 0) is 39.8 Å². The molecule has 0 aliphatic carbocycles. The van der Waals surface area contributed by atoms with Gasteiger partial charge in [-0.1, -0.05) is 35.2 Å². The SMILES string of the molecule is CC(C)N(C(=O)CSc1nnc(NC(=O)c2nc3ccccc3s2)s1)C(C)C. The summed E-state index contributed by atoms with van der Waals surface area (Å²) in [6.07, 6.45) is 0. The highest BCUT2D eigenvalue weighted by atomic mass is 32.2. The molecule has 0 saturated carbocycles. The van der Waals surface area contributed by atoms with Crippen molar-refractivity contribution in [1.29, 1.82) is 0 Å². The number of fused-ring (bicyclic) bond motifs is 1. The number of thiazole rings is 1. The molecule has 0 radical (unpaired) electrons. The number of carbonyl (C=O) groups excluding carboxylic acids is 2. The van der Waals surface area contributed by atoms with E-state index in [0.29, 0.717) is 14.5 Å². The summed E-state index contributed by atoms with van der Waals surface area (Å²) >= 11 is 3.91. The molecule has 0 atom stereocenters. The van der Waals surface area contributed by atoms with Crippen molar-refractivity contribution >= 4 is 61.6 Å². The standard InChI is InChI=1S/C18H21N5O2S3/c1-10(2)23(11(3)4)14(24)9-26-18-22-21-17(28-18)20-15(25)16-19-12-7-5-6-8-13(12)27-16/h5-8,10-11H,9H2,1-4H3,(H,20,21,25). The van der Waals surface area contributed by atoms with Crippen molar-refractivity contribution in [2.45, 2.75) is 44.1 Å². The zero-order chi connectivity index (χ0) is 20.3.